The predicted octanol–water partition coefficient (Wildman–Crippen LogP) is 1.17. The number of hydrogen-bond acceptors (Lipinski definition) is 3. The minimum atomic E-state index is -0.0532. The van der Waals surface area contributed by atoms with Crippen LogP contribution < -0.4 is 10.8 Å². The number of fused-ring (bicyclic) bond motifs is 3. The Morgan fingerprint density at radius 1 is 1.35 bits per heavy atom. The van der Waals surface area contributed by atoms with E-state index in [1.807, 2.05) is 12.1 Å². The van der Waals surface area contributed by atoms with Crippen molar-refractivity contribution in [2.24, 2.45) is 0 Å². The van der Waals surface area contributed by atoms with Crippen LogP contribution in [-0.2, 0) is 0 Å². The van der Waals surface area contributed by atoms with Gasteiger partial charge in [-0.05, 0) is 24.4 Å². The van der Waals surface area contributed by atoms with Gasteiger partial charge in [0.15, 0.2) is 5.43 Å². The standard InChI is InChI=1S/C13H10N2O2/c1-8-10(7-16)15-6-5-9-3-2-4-11(17)12(9)13(15)14-8/h2-7,16H,1H3/b10-7+. The Balaban J connectivity index is 2.71. The summed E-state index contributed by atoms with van der Waals surface area (Å²) >= 11 is 0. The first-order chi connectivity index (χ1) is 8.22. The molecule has 84 valence electrons. The number of rotatable bonds is 0. The highest BCUT2D eigenvalue weighted by Crippen LogP contribution is 2.13. The number of aryl methyl sites for hydroxylation is 1. The Kier molecular flexibility index (Phi) is 1.92. The lowest BCUT2D eigenvalue weighted by Gasteiger charge is -1.98. The number of aliphatic hydroxyl groups is 1. The summed E-state index contributed by atoms with van der Waals surface area (Å²) in [5.74, 6) is 0. The molecule has 0 saturated heterocycles. The third-order valence-electron chi connectivity index (χ3n) is 2.94. The Hall–Kier alpha value is -2.36. The lowest BCUT2D eigenvalue weighted by molar-refractivity contribution is 0.537. The first-order valence-corrected chi connectivity index (χ1v) is 5.27. The van der Waals surface area contributed by atoms with Crippen molar-refractivity contribution in [2.75, 3.05) is 0 Å². The van der Waals surface area contributed by atoms with Gasteiger partial charge in [-0.15, -0.1) is 0 Å². The molecule has 0 bridgehead atoms. The second kappa shape index (κ2) is 3.31. The highest BCUT2D eigenvalue weighted by molar-refractivity contribution is 5.93. The number of hydrogen-bond donors (Lipinski definition) is 1. The van der Waals surface area contributed by atoms with Crippen molar-refractivity contribution in [3.05, 3.63) is 51.7 Å². The van der Waals surface area contributed by atoms with E-state index in [1.165, 1.54) is 6.07 Å². The van der Waals surface area contributed by atoms with Crippen LogP contribution in [0.15, 0.2) is 35.3 Å². The number of benzene rings is 1. The van der Waals surface area contributed by atoms with E-state index in [2.05, 4.69) is 4.98 Å². The number of aliphatic hydroxyl groups excluding tert-OH is 1. The highest BCUT2D eigenvalue weighted by Gasteiger charge is 2.08. The van der Waals surface area contributed by atoms with Crippen molar-refractivity contribution in [2.45, 2.75) is 6.92 Å². The van der Waals surface area contributed by atoms with E-state index in [1.54, 1.807) is 23.6 Å². The molecule has 0 aliphatic carbocycles. The van der Waals surface area contributed by atoms with Crippen LogP contribution in [0.1, 0.15) is 5.69 Å². The average Bonchev–Trinajstić information content (AvgIpc) is 2.64. The van der Waals surface area contributed by atoms with Gasteiger partial charge in [0, 0.05) is 6.20 Å². The fourth-order valence-corrected chi connectivity index (χ4v) is 2.12. The number of aromatic nitrogens is 2. The molecule has 0 unspecified atom stereocenters. The smallest absolute Gasteiger partial charge is 0.190 e. The SMILES string of the molecule is Cc1nc2c3c(=O)cccc3ccn2/c1=C/O. The molecule has 1 aromatic carbocycles. The van der Waals surface area contributed by atoms with Crippen LogP contribution in [-0.4, -0.2) is 14.5 Å². The van der Waals surface area contributed by atoms with E-state index in [0.717, 1.165) is 11.6 Å². The normalized spacial score (nSPS) is 12.6. The molecular weight excluding hydrogens is 216 g/mol. The van der Waals surface area contributed by atoms with Crippen molar-refractivity contribution in [1.29, 1.82) is 0 Å². The zero-order valence-corrected chi connectivity index (χ0v) is 9.21. The van der Waals surface area contributed by atoms with Gasteiger partial charge < -0.3 is 5.11 Å². The van der Waals surface area contributed by atoms with E-state index in [-0.39, 0.29) is 5.43 Å². The summed E-state index contributed by atoms with van der Waals surface area (Å²) in [6.07, 6.45) is 2.81. The molecular formula is C13H10N2O2. The molecule has 2 aromatic heterocycles. The van der Waals surface area contributed by atoms with Crippen LogP contribution in [0, 0.1) is 6.92 Å². The quantitative estimate of drug-likeness (QED) is 0.626. The maximum absolute atomic E-state index is 11.9. The molecule has 4 nitrogen and oxygen atoms in total. The average molecular weight is 226 g/mol. The zero-order chi connectivity index (χ0) is 12.0. The molecule has 17 heavy (non-hydrogen) atoms. The van der Waals surface area contributed by atoms with Gasteiger partial charge in [0.05, 0.1) is 11.1 Å². The zero-order valence-electron chi connectivity index (χ0n) is 9.21. The molecule has 0 aliphatic rings. The van der Waals surface area contributed by atoms with Crippen molar-refractivity contribution >= 4 is 22.7 Å². The third kappa shape index (κ3) is 1.24. The van der Waals surface area contributed by atoms with E-state index >= 15 is 0 Å². The highest BCUT2D eigenvalue weighted by atomic mass is 16.2. The van der Waals surface area contributed by atoms with Gasteiger partial charge in [0.25, 0.3) is 0 Å². The van der Waals surface area contributed by atoms with Crippen LogP contribution in [0.3, 0.4) is 0 Å². The second-order valence-electron chi connectivity index (χ2n) is 3.94. The Morgan fingerprint density at radius 3 is 2.94 bits per heavy atom. The van der Waals surface area contributed by atoms with E-state index in [0.29, 0.717) is 22.1 Å². The third-order valence-corrected chi connectivity index (χ3v) is 2.94. The molecule has 0 fully saturated rings. The summed E-state index contributed by atoms with van der Waals surface area (Å²) in [6.45, 7) is 1.80. The lowest BCUT2D eigenvalue weighted by Crippen LogP contribution is -2.11. The van der Waals surface area contributed by atoms with Gasteiger partial charge in [-0.25, -0.2) is 4.98 Å². The number of imidazole rings is 1. The topological polar surface area (TPSA) is 54.6 Å². The molecule has 2 heterocycles. The maximum atomic E-state index is 11.9. The summed E-state index contributed by atoms with van der Waals surface area (Å²) in [5.41, 5.74) is 1.23. The molecule has 0 atom stereocenters. The lowest BCUT2D eigenvalue weighted by atomic mass is 10.1. The number of pyridine rings is 1. The van der Waals surface area contributed by atoms with Gasteiger partial charge in [-0.1, -0.05) is 12.1 Å². The van der Waals surface area contributed by atoms with Gasteiger partial charge in [-0.3, -0.25) is 9.20 Å². The molecule has 3 aromatic rings. The van der Waals surface area contributed by atoms with Crippen molar-refractivity contribution in [3.63, 3.8) is 0 Å². The van der Waals surface area contributed by atoms with Gasteiger partial charge >= 0.3 is 0 Å². The minimum absolute atomic E-state index is 0.0532. The molecule has 1 N–H and O–H groups in total. The fourth-order valence-electron chi connectivity index (χ4n) is 2.12. The van der Waals surface area contributed by atoms with Crippen molar-refractivity contribution < 1.29 is 5.11 Å². The first kappa shape index (κ1) is 9.84. The summed E-state index contributed by atoms with van der Waals surface area (Å²) in [5, 5.41) is 11.2. The Morgan fingerprint density at radius 2 is 2.18 bits per heavy atom. The molecule has 3 rings (SSSR count). The Labute approximate surface area is 96.4 Å². The van der Waals surface area contributed by atoms with Crippen LogP contribution in [0.5, 0.6) is 0 Å². The summed E-state index contributed by atoms with van der Waals surface area (Å²) in [7, 11) is 0. The van der Waals surface area contributed by atoms with Crippen LogP contribution >= 0.6 is 0 Å². The van der Waals surface area contributed by atoms with Crippen LogP contribution in [0.2, 0.25) is 0 Å². The van der Waals surface area contributed by atoms with E-state index < -0.39 is 0 Å². The fraction of sp³-hybridized carbons (Fsp3) is 0.0769. The second-order valence-corrected chi connectivity index (χ2v) is 3.94. The van der Waals surface area contributed by atoms with E-state index in [9.17, 15) is 9.90 Å². The predicted molar refractivity (Wildman–Crippen MR) is 66.0 cm³/mol. The maximum Gasteiger partial charge on any atom is 0.190 e. The monoisotopic (exact) mass is 226 g/mol. The molecule has 0 aliphatic heterocycles. The van der Waals surface area contributed by atoms with Gasteiger partial charge in [0.1, 0.15) is 17.3 Å². The molecule has 0 saturated carbocycles. The number of nitrogens with zero attached hydrogens (tertiary/aromatic N) is 2. The van der Waals surface area contributed by atoms with E-state index in [4.69, 9.17) is 0 Å². The largest absolute Gasteiger partial charge is 0.513 e. The van der Waals surface area contributed by atoms with Crippen LogP contribution in [0.25, 0.3) is 22.7 Å². The van der Waals surface area contributed by atoms with Gasteiger partial charge in [-0.2, -0.15) is 0 Å². The first-order valence-electron chi connectivity index (χ1n) is 5.27. The molecule has 0 amide bonds. The summed E-state index contributed by atoms with van der Waals surface area (Å²) < 4.78 is 1.72. The van der Waals surface area contributed by atoms with Crippen LogP contribution in [0.4, 0.5) is 0 Å². The minimum Gasteiger partial charge on any atom is -0.513 e. The molecule has 0 spiro atoms. The summed E-state index contributed by atoms with van der Waals surface area (Å²) in [4.78, 5) is 16.2. The van der Waals surface area contributed by atoms with Gasteiger partial charge in [0.2, 0.25) is 0 Å². The summed E-state index contributed by atoms with van der Waals surface area (Å²) in [6, 6.07) is 6.98. The molecule has 4 heteroatoms. The van der Waals surface area contributed by atoms with Crippen molar-refractivity contribution in [1.82, 2.24) is 9.38 Å². The van der Waals surface area contributed by atoms with Crippen molar-refractivity contribution in [3.8, 4) is 0 Å². The molecule has 0 radical (unpaired) electrons. The Bertz CT molecular complexity index is 834.